The number of aromatic nitrogens is 2. The molecule has 1 unspecified atom stereocenters. The molecule has 4 N–H and O–H groups in total. The molecule has 26 heavy (non-hydrogen) atoms. The summed E-state index contributed by atoms with van der Waals surface area (Å²) in [5.74, 6) is -1.30. The Balaban J connectivity index is 2.22. The van der Waals surface area contributed by atoms with Crippen LogP contribution in [-0.2, 0) is 6.18 Å². The molecule has 6 nitrogen and oxygen atoms in total. The van der Waals surface area contributed by atoms with Gasteiger partial charge in [0.05, 0.1) is 16.8 Å². The summed E-state index contributed by atoms with van der Waals surface area (Å²) in [6.45, 7) is 1.36. The molecule has 1 aliphatic heterocycles. The zero-order chi connectivity index (χ0) is 18.9. The van der Waals surface area contributed by atoms with Gasteiger partial charge in [-0.25, -0.2) is 9.97 Å². The minimum atomic E-state index is -4.70. The number of nitrogen functional groups attached to an aromatic ring is 1. The quantitative estimate of drug-likeness (QED) is 0.757. The van der Waals surface area contributed by atoms with E-state index in [9.17, 15) is 23.5 Å². The Hall–Kier alpha value is -2.86. The number of nitrogens with two attached hydrogens (primary N) is 1. The molecule has 1 saturated heterocycles. The molecule has 3 rings (SSSR count). The van der Waals surface area contributed by atoms with E-state index < -0.39 is 23.1 Å². The maximum Gasteiger partial charge on any atom is 0.417 e. The van der Waals surface area contributed by atoms with Crippen molar-refractivity contribution in [2.75, 3.05) is 18.8 Å². The van der Waals surface area contributed by atoms with Gasteiger partial charge in [0.15, 0.2) is 5.82 Å². The summed E-state index contributed by atoms with van der Waals surface area (Å²) in [4.78, 5) is 8.09. The van der Waals surface area contributed by atoms with Crippen molar-refractivity contribution in [2.45, 2.75) is 24.9 Å². The fourth-order valence-electron chi connectivity index (χ4n) is 3.11. The van der Waals surface area contributed by atoms with Gasteiger partial charge in [-0.1, -0.05) is 6.07 Å². The molecule has 0 aliphatic carbocycles. The lowest BCUT2D eigenvalue weighted by Crippen LogP contribution is -2.29. The van der Waals surface area contributed by atoms with Crippen LogP contribution in [0.5, 0.6) is 5.75 Å². The number of alkyl halides is 3. The Labute approximate surface area is 147 Å². The molecule has 0 bridgehead atoms. The van der Waals surface area contributed by atoms with Gasteiger partial charge >= 0.3 is 6.18 Å². The largest absolute Gasteiger partial charge is 0.507 e. The van der Waals surface area contributed by atoms with Gasteiger partial charge in [0.2, 0.25) is 0 Å². The monoisotopic (exact) mass is 363 g/mol. The number of nitrogens with one attached hydrogen (secondary N) is 1. The first-order valence-electron chi connectivity index (χ1n) is 8.00. The van der Waals surface area contributed by atoms with Gasteiger partial charge in [-0.15, -0.1) is 0 Å². The maximum atomic E-state index is 13.4. The van der Waals surface area contributed by atoms with Crippen molar-refractivity contribution in [3.8, 4) is 23.2 Å². The maximum absolute atomic E-state index is 13.4. The molecule has 0 saturated carbocycles. The number of nitrogens with zero attached hydrogens (tertiary/aromatic N) is 3. The predicted octanol–water partition coefficient (Wildman–Crippen LogP) is 2.79. The third-order valence-electron chi connectivity index (χ3n) is 4.33. The Morgan fingerprint density at radius 1 is 1.31 bits per heavy atom. The Morgan fingerprint density at radius 2 is 2.08 bits per heavy atom. The van der Waals surface area contributed by atoms with Gasteiger partial charge < -0.3 is 16.2 Å². The molecule has 9 heteroatoms. The van der Waals surface area contributed by atoms with Crippen molar-refractivity contribution in [2.24, 2.45) is 0 Å². The molecular weight excluding hydrogens is 347 g/mol. The second-order valence-corrected chi connectivity index (χ2v) is 6.05. The number of halogens is 3. The lowest BCUT2D eigenvalue weighted by Gasteiger charge is -2.24. The molecule has 0 amide bonds. The highest BCUT2D eigenvalue weighted by molar-refractivity contribution is 5.71. The molecule has 2 heterocycles. The second kappa shape index (κ2) is 6.80. The average molecular weight is 363 g/mol. The number of benzene rings is 1. The Morgan fingerprint density at radius 3 is 2.69 bits per heavy atom. The van der Waals surface area contributed by atoms with Crippen LogP contribution in [0.15, 0.2) is 18.2 Å². The zero-order valence-electron chi connectivity index (χ0n) is 13.6. The molecule has 1 fully saturated rings. The summed E-state index contributed by atoms with van der Waals surface area (Å²) in [6, 6.07) is 5.01. The number of rotatable bonds is 2. The topological polar surface area (TPSA) is 108 Å². The minimum Gasteiger partial charge on any atom is -0.507 e. The van der Waals surface area contributed by atoms with Crippen molar-refractivity contribution in [3.63, 3.8) is 0 Å². The Kier molecular flexibility index (Phi) is 4.70. The van der Waals surface area contributed by atoms with E-state index in [-0.39, 0.29) is 23.1 Å². The lowest BCUT2D eigenvalue weighted by atomic mass is 9.92. The van der Waals surface area contributed by atoms with Crippen LogP contribution in [0.25, 0.3) is 11.4 Å². The number of anilines is 1. The molecule has 0 spiro atoms. The molecule has 1 atom stereocenters. The fourth-order valence-corrected chi connectivity index (χ4v) is 3.11. The van der Waals surface area contributed by atoms with Crippen molar-refractivity contribution < 1.29 is 18.3 Å². The zero-order valence-corrected chi connectivity index (χ0v) is 13.6. The van der Waals surface area contributed by atoms with Crippen LogP contribution < -0.4 is 11.1 Å². The number of piperidine rings is 1. The fraction of sp³-hybridized carbons (Fsp3) is 0.353. The van der Waals surface area contributed by atoms with Gasteiger partial charge in [0.1, 0.15) is 23.2 Å². The van der Waals surface area contributed by atoms with E-state index in [2.05, 4.69) is 15.3 Å². The highest BCUT2D eigenvalue weighted by Gasteiger charge is 2.36. The molecule has 1 aromatic carbocycles. The normalized spacial score (nSPS) is 17.7. The van der Waals surface area contributed by atoms with Crippen LogP contribution in [0.1, 0.15) is 35.6 Å². The molecule has 1 aliphatic rings. The number of hydrogen-bond acceptors (Lipinski definition) is 6. The number of aromatic hydroxyl groups is 1. The van der Waals surface area contributed by atoms with Crippen molar-refractivity contribution in [3.05, 3.63) is 35.0 Å². The van der Waals surface area contributed by atoms with E-state index >= 15 is 0 Å². The van der Waals surface area contributed by atoms with Crippen LogP contribution in [0.3, 0.4) is 0 Å². The molecule has 0 radical (unpaired) electrons. The van der Waals surface area contributed by atoms with Crippen molar-refractivity contribution in [1.29, 1.82) is 5.26 Å². The van der Waals surface area contributed by atoms with Gasteiger partial charge in [-0.2, -0.15) is 18.4 Å². The second-order valence-electron chi connectivity index (χ2n) is 6.05. The molecule has 2 aromatic rings. The number of nitriles is 1. The summed E-state index contributed by atoms with van der Waals surface area (Å²) in [5.41, 5.74) is 4.59. The summed E-state index contributed by atoms with van der Waals surface area (Å²) < 4.78 is 40.1. The SMILES string of the molecule is N#Cc1c(N)nc(-c2c(O)cccc2C(F)(F)F)nc1C1CCCNC1. The summed E-state index contributed by atoms with van der Waals surface area (Å²) in [5, 5.41) is 22.6. The van der Waals surface area contributed by atoms with Crippen molar-refractivity contribution >= 4 is 5.82 Å². The highest BCUT2D eigenvalue weighted by Crippen LogP contribution is 2.41. The third kappa shape index (κ3) is 3.28. The van der Waals surface area contributed by atoms with Crippen LogP contribution in [0, 0.1) is 11.3 Å². The van der Waals surface area contributed by atoms with Crippen molar-refractivity contribution in [1.82, 2.24) is 15.3 Å². The summed E-state index contributed by atoms with van der Waals surface area (Å²) >= 11 is 0. The highest BCUT2D eigenvalue weighted by atomic mass is 19.4. The number of hydrogen-bond donors (Lipinski definition) is 3. The van der Waals surface area contributed by atoms with Gasteiger partial charge in [-0.05, 0) is 31.5 Å². The standard InChI is InChI=1S/C17H16F3N5O/c18-17(19,20)11-4-1-5-12(26)13(11)16-24-14(9-3-2-6-23-8-9)10(7-21)15(22)25-16/h1,4-5,9,23,26H,2-3,6,8H2,(H2,22,24,25). The number of phenolic OH excluding ortho intramolecular Hbond substituents is 1. The molecule has 1 aromatic heterocycles. The van der Waals surface area contributed by atoms with Gasteiger partial charge in [-0.3, -0.25) is 0 Å². The van der Waals surface area contributed by atoms with Crippen LogP contribution in [-0.4, -0.2) is 28.2 Å². The molecular formula is C17H16F3N5O. The summed E-state index contributed by atoms with van der Waals surface area (Å²) in [7, 11) is 0. The lowest BCUT2D eigenvalue weighted by molar-refractivity contribution is -0.137. The van der Waals surface area contributed by atoms with Crippen LogP contribution in [0.2, 0.25) is 0 Å². The minimum absolute atomic E-state index is 0.0615. The van der Waals surface area contributed by atoms with Crippen LogP contribution in [0.4, 0.5) is 19.0 Å². The Bertz CT molecular complexity index is 870. The van der Waals surface area contributed by atoms with E-state index in [1.165, 1.54) is 0 Å². The first-order chi connectivity index (χ1) is 12.3. The third-order valence-corrected chi connectivity index (χ3v) is 4.33. The number of phenols is 1. The van der Waals surface area contributed by atoms with E-state index in [0.29, 0.717) is 12.2 Å². The van der Waals surface area contributed by atoms with E-state index in [1.54, 1.807) is 0 Å². The van der Waals surface area contributed by atoms with Crippen LogP contribution >= 0.6 is 0 Å². The van der Waals surface area contributed by atoms with E-state index in [0.717, 1.165) is 37.6 Å². The predicted molar refractivity (Wildman–Crippen MR) is 88.1 cm³/mol. The first kappa shape index (κ1) is 17.9. The van der Waals surface area contributed by atoms with E-state index in [4.69, 9.17) is 5.73 Å². The first-order valence-corrected chi connectivity index (χ1v) is 8.00. The van der Waals surface area contributed by atoms with Gasteiger partial charge in [0, 0.05) is 12.5 Å². The average Bonchev–Trinajstić information content (AvgIpc) is 2.60. The van der Waals surface area contributed by atoms with Gasteiger partial charge in [0.25, 0.3) is 0 Å². The summed E-state index contributed by atoms with van der Waals surface area (Å²) in [6.07, 6.45) is -3.13. The van der Waals surface area contributed by atoms with E-state index in [1.807, 2.05) is 6.07 Å². The molecule has 136 valence electrons. The smallest absolute Gasteiger partial charge is 0.417 e.